The Morgan fingerprint density at radius 3 is 1.91 bits per heavy atom. The number of amides is 1. The lowest BCUT2D eigenvalue weighted by Gasteiger charge is -2.39. The lowest BCUT2D eigenvalue weighted by atomic mass is 10.0. The minimum atomic E-state index is -0.0416. The van der Waals surface area contributed by atoms with Crippen molar-refractivity contribution >= 4 is 5.91 Å². The largest absolute Gasteiger partial charge is 0.339 e. The molecule has 0 radical (unpaired) electrons. The molecule has 1 saturated heterocycles. The van der Waals surface area contributed by atoms with Crippen LogP contribution >= 0.6 is 0 Å². The van der Waals surface area contributed by atoms with Gasteiger partial charge in [-0.1, -0.05) is 13.8 Å². The zero-order valence-electron chi connectivity index (χ0n) is 15.0. The van der Waals surface area contributed by atoms with Gasteiger partial charge in [0, 0.05) is 38.3 Å². The van der Waals surface area contributed by atoms with Crippen molar-refractivity contribution in [2.75, 3.05) is 32.7 Å². The Bertz CT molecular complexity index is 384. The highest BCUT2D eigenvalue weighted by Crippen LogP contribution is 2.14. The van der Waals surface area contributed by atoms with Crippen molar-refractivity contribution in [3.63, 3.8) is 0 Å². The molecule has 1 aliphatic heterocycles. The number of nitrogens with zero attached hydrogens (tertiary/aromatic N) is 4. The maximum atomic E-state index is 12.5. The van der Waals surface area contributed by atoms with Crippen molar-refractivity contribution in [2.24, 2.45) is 5.92 Å². The summed E-state index contributed by atoms with van der Waals surface area (Å²) < 4.78 is 0. The van der Waals surface area contributed by atoms with Gasteiger partial charge in [0.25, 0.3) is 0 Å². The molecule has 1 fully saturated rings. The monoisotopic (exact) mass is 308 g/mol. The predicted octanol–water partition coefficient (Wildman–Crippen LogP) is 1.80. The number of hydrogen-bond donors (Lipinski definition) is 0. The quantitative estimate of drug-likeness (QED) is 0.751. The topological polar surface area (TPSA) is 50.6 Å². The summed E-state index contributed by atoms with van der Waals surface area (Å²) in [4.78, 5) is 18.9. The van der Waals surface area contributed by atoms with E-state index >= 15 is 0 Å². The highest BCUT2D eigenvalue weighted by Gasteiger charge is 2.28. The molecule has 0 N–H and O–H groups in total. The second-order valence-electron chi connectivity index (χ2n) is 7.09. The number of rotatable bonds is 6. The van der Waals surface area contributed by atoms with Crippen molar-refractivity contribution in [3.8, 4) is 6.07 Å². The van der Waals surface area contributed by atoms with Gasteiger partial charge in [-0.25, -0.2) is 0 Å². The van der Waals surface area contributed by atoms with Gasteiger partial charge in [0.15, 0.2) is 0 Å². The normalized spacial score (nSPS) is 18.3. The molecule has 5 nitrogen and oxygen atoms in total. The average molecular weight is 308 g/mol. The van der Waals surface area contributed by atoms with Gasteiger partial charge < -0.3 is 4.90 Å². The summed E-state index contributed by atoms with van der Waals surface area (Å²) in [6.45, 7) is 16.2. The third kappa shape index (κ3) is 4.96. The van der Waals surface area contributed by atoms with Crippen molar-refractivity contribution in [1.29, 1.82) is 5.26 Å². The first-order valence-electron chi connectivity index (χ1n) is 8.45. The second-order valence-corrected chi connectivity index (χ2v) is 7.09. The van der Waals surface area contributed by atoms with Gasteiger partial charge in [0.2, 0.25) is 5.91 Å². The van der Waals surface area contributed by atoms with Gasteiger partial charge >= 0.3 is 0 Å². The Labute approximate surface area is 135 Å². The SMILES string of the molecule is CC(C)[C@H](C#N)N1CCN(C(=O)CN(C(C)C)C(C)C)CC1. The standard InChI is InChI=1S/C17H32N4O/c1-13(2)16(11-18)19-7-9-20(10-8-19)17(22)12-21(14(3)4)15(5)6/h13-16H,7-10,12H2,1-6H3/t16-/m0/s1. The summed E-state index contributed by atoms with van der Waals surface area (Å²) in [7, 11) is 0. The third-order valence-electron chi connectivity index (χ3n) is 4.47. The smallest absolute Gasteiger partial charge is 0.236 e. The molecule has 1 atom stereocenters. The Kier molecular flexibility index (Phi) is 7.31. The number of carbonyl (C=O) groups excluding carboxylic acids is 1. The highest BCUT2D eigenvalue weighted by atomic mass is 16.2. The van der Waals surface area contributed by atoms with E-state index in [2.05, 4.69) is 57.4 Å². The number of carbonyl (C=O) groups is 1. The van der Waals surface area contributed by atoms with Crippen LogP contribution in [0, 0.1) is 17.2 Å². The molecule has 0 saturated carbocycles. The van der Waals surface area contributed by atoms with Crippen LogP contribution in [0.5, 0.6) is 0 Å². The molecule has 1 heterocycles. The summed E-state index contributed by atoms with van der Waals surface area (Å²) in [5, 5.41) is 9.29. The molecule has 0 bridgehead atoms. The molecule has 0 aromatic carbocycles. The van der Waals surface area contributed by atoms with Gasteiger partial charge in [0.1, 0.15) is 6.04 Å². The first-order valence-corrected chi connectivity index (χ1v) is 8.45. The number of hydrogen-bond acceptors (Lipinski definition) is 4. The number of piperazine rings is 1. The van der Waals surface area contributed by atoms with E-state index in [1.807, 2.05) is 4.90 Å². The van der Waals surface area contributed by atoms with Crippen LogP contribution in [0.25, 0.3) is 0 Å². The Morgan fingerprint density at radius 1 is 1.05 bits per heavy atom. The molecule has 22 heavy (non-hydrogen) atoms. The molecule has 0 aromatic heterocycles. The van der Waals surface area contributed by atoms with E-state index in [9.17, 15) is 10.1 Å². The summed E-state index contributed by atoms with van der Waals surface area (Å²) in [5.74, 6) is 0.532. The van der Waals surface area contributed by atoms with Crippen molar-refractivity contribution in [1.82, 2.24) is 14.7 Å². The van der Waals surface area contributed by atoms with Crippen LogP contribution in [-0.2, 0) is 4.79 Å². The molecule has 126 valence electrons. The van der Waals surface area contributed by atoms with Crippen LogP contribution in [0.2, 0.25) is 0 Å². The fourth-order valence-electron chi connectivity index (χ4n) is 3.12. The van der Waals surface area contributed by atoms with Crippen LogP contribution < -0.4 is 0 Å². The summed E-state index contributed by atoms with van der Waals surface area (Å²) in [6, 6.07) is 3.09. The molecule has 5 heteroatoms. The Balaban J connectivity index is 2.54. The van der Waals surface area contributed by atoms with E-state index < -0.39 is 0 Å². The Morgan fingerprint density at radius 2 is 1.55 bits per heavy atom. The predicted molar refractivity (Wildman–Crippen MR) is 89.4 cm³/mol. The lowest BCUT2D eigenvalue weighted by Crippen LogP contribution is -2.55. The fraction of sp³-hybridized carbons (Fsp3) is 0.882. The van der Waals surface area contributed by atoms with Gasteiger partial charge in [-0.2, -0.15) is 5.26 Å². The van der Waals surface area contributed by atoms with Crippen molar-refractivity contribution < 1.29 is 4.79 Å². The van der Waals surface area contributed by atoms with E-state index in [4.69, 9.17) is 0 Å². The minimum Gasteiger partial charge on any atom is -0.339 e. The van der Waals surface area contributed by atoms with E-state index in [1.54, 1.807) is 0 Å². The average Bonchev–Trinajstić information content (AvgIpc) is 2.44. The van der Waals surface area contributed by atoms with Crippen LogP contribution in [0.4, 0.5) is 0 Å². The molecule has 1 aliphatic rings. The molecule has 1 amide bonds. The van der Waals surface area contributed by atoms with Crippen molar-refractivity contribution in [2.45, 2.75) is 59.7 Å². The number of nitriles is 1. The summed E-state index contributed by atoms with van der Waals surface area (Å²) in [5.41, 5.74) is 0. The van der Waals surface area contributed by atoms with Crippen LogP contribution in [-0.4, -0.2) is 71.5 Å². The first-order chi connectivity index (χ1) is 10.3. The van der Waals surface area contributed by atoms with E-state index in [-0.39, 0.29) is 11.9 Å². The van der Waals surface area contributed by atoms with Crippen LogP contribution in [0.15, 0.2) is 0 Å². The first kappa shape index (κ1) is 18.9. The van der Waals surface area contributed by atoms with Gasteiger partial charge in [-0.05, 0) is 33.6 Å². The molecule has 0 aromatic rings. The minimum absolute atomic E-state index is 0.0416. The maximum Gasteiger partial charge on any atom is 0.236 e. The molecule has 0 aliphatic carbocycles. The van der Waals surface area contributed by atoms with E-state index in [0.29, 0.717) is 24.5 Å². The maximum absolute atomic E-state index is 12.5. The Hall–Kier alpha value is -1.12. The highest BCUT2D eigenvalue weighted by molar-refractivity contribution is 5.78. The van der Waals surface area contributed by atoms with Crippen molar-refractivity contribution in [3.05, 3.63) is 0 Å². The van der Waals surface area contributed by atoms with Crippen LogP contribution in [0.1, 0.15) is 41.5 Å². The molecule has 0 unspecified atom stereocenters. The van der Waals surface area contributed by atoms with E-state index in [0.717, 1.165) is 26.2 Å². The molecule has 1 rings (SSSR count). The summed E-state index contributed by atoms with van der Waals surface area (Å²) >= 11 is 0. The second kappa shape index (κ2) is 8.50. The molecule has 0 spiro atoms. The van der Waals surface area contributed by atoms with E-state index in [1.165, 1.54) is 0 Å². The van der Waals surface area contributed by atoms with Gasteiger partial charge in [-0.15, -0.1) is 0 Å². The zero-order valence-corrected chi connectivity index (χ0v) is 15.0. The summed E-state index contributed by atoms with van der Waals surface area (Å²) in [6.07, 6.45) is 0. The molecular weight excluding hydrogens is 276 g/mol. The third-order valence-corrected chi connectivity index (χ3v) is 4.47. The van der Waals surface area contributed by atoms with Gasteiger partial charge in [-0.3, -0.25) is 14.6 Å². The molecular formula is C17H32N4O. The van der Waals surface area contributed by atoms with Gasteiger partial charge in [0.05, 0.1) is 12.6 Å². The van der Waals surface area contributed by atoms with Crippen LogP contribution in [0.3, 0.4) is 0 Å². The lowest BCUT2D eigenvalue weighted by molar-refractivity contribution is -0.135. The zero-order chi connectivity index (χ0) is 16.9. The fourth-order valence-corrected chi connectivity index (χ4v) is 3.12.